The van der Waals surface area contributed by atoms with E-state index in [-0.39, 0.29) is 22.8 Å². The van der Waals surface area contributed by atoms with Crippen molar-refractivity contribution in [2.45, 2.75) is 18.9 Å². The molecule has 1 aromatic carbocycles. The zero-order chi connectivity index (χ0) is 15.6. The van der Waals surface area contributed by atoms with Crippen molar-refractivity contribution in [3.63, 3.8) is 0 Å². The number of nitrogens with one attached hydrogen (secondary N) is 1. The average molecular weight is 293 g/mol. The molecule has 0 aliphatic carbocycles. The Morgan fingerprint density at radius 2 is 2.19 bits per heavy atom. The number of nitro groups is 1. The van der Waals surface area contributed by atoms with E-state index in [2.05, 4.69) is 5.32 Å². The Morgan fingerprint density at radius 3 is 2.76 bits per heavy atom. The lowest BCUT2D eigenvalue weighted by Gasteiger charge is -2.26. The highest BCUT2D eigenvalue weighted by Crippen LogP contribution is 2.32. The summed E-state index contributed by atoms with van der Waals surface area (Å²) in [5, 5.41) is 22.7. The molecule has 0 saturated carbocycles. The highest BCUT2D eigenvalue weighted by molar-refractivity contribution is 5.97. The second kappa shape index (κ2) is 5.78. The van der Waals surface area contributed by atoms with Gasteiger partial charge in [-0.05, 0) is 18.9 Å². The number of hydrogen-bond acceptors (Lipinski definition) is 5. The Kier molecular flexibility index (Phi) is 4.06. The zero-order valence-corrected chi connectivity index (χ0v) is 11.4. The Morgan fingerprint density at radius 1 is 1.48 bits per heavy atom. The van der Waals surface area contributed by atoms with E-state index in [9.17, 15) is 24.8 Å². The number of nitrogens with zero attached hydrogens (tertiary/aromatic N) is 2. The molecule has 21 heavy (non-hydrogen) atoms. The van der Waals surface area contributed by atoms with Crippen molar-refractivity contribution in [1.82, 2.24) is 5.32 Å². The van der Waals surface area contributed by atoms with Gasteiger partial charge in [0.1, 0.15) is 6.04 Å². The maximum Gasteiger partial charge on any atom is 0.337 e. The van der Waals surface area contributed by atoms with Crippen molar-refractivity contribution < 1.29 is 19.6 Å². The van der Waals surface area contributed by atoms with Crippen LogP contribution in [0.15, 0.2) is 18.2 Å². The van der Waals surface area contributed by atoms with Gasteiger partial charge in [0.05, 0.1) is 16.2 Å². The summed E-state index contributed by atoms with van der Waals surface area (Å²) in [5.74, 6) is -1.40. The van der Waals surface area contributed by atoms with Gasteiger partial charge in [-0.2, -0.15) is 0 Å². The van der Waals surface area contributed by atoms with Crippen LogP contribution >= 0.6 is 0 Å². The van der Waals surface area contributed by atoms with E-state index in [1.165, 1.54) is 19.2 Å². The Labute approximate surface area is 120 Å². The number of hydrogen-bond donors (Lipinski definition) is 2. The van der Waals surface area contributed by atoms with Crippen LogP contribution in [0.3, 0.4) is 0 Å². The molecule has 0 spiro atoms. The van der Waals surface area contributed by atoms with Crippen molar-refractivity contribution in [3.05, 3.63) is 33.9 Å². The Balaban J connectivity index is 2.49. The molecule has 1 fully saturated rings. The molecule has 0 radical (unpaired) electrons. The number of aromatic carboxylic acids is 1. The minimum Gasteiger partial charge on any atom is -0.478 e. The van der Waals surface area contributed by atoms with Crippen LogP contribution in [-0.4, -0.2) is 41.5 Å². The van der Waals surface area contributed by atoms with Crippen LogP contribution in [0.25, 0.3) is 0 Å². The summed E-state index contributed by atoms with van der Waals surface area (Å²) >= 11 is 0. The molecule has 0 bridgehead atoms. The molecule has 8 heteroatoms. The summed E-state index contributed by atoms with van der Waals surface area (Å²) in [4.78, 5) is 35.1. The summed E-state index contributed by atoms with van der Waals surface area (Å²) in [5.41, 5.74) is -0.0308. The predicted octanol–water partition coefficient (Wildman–Crippen LogP) is 1.01. The molecule has 0 aromatic heterocycles. The molecule has 2 N–H and O–H groups in total. The number of benzene rings is 1. The number of carboxylic acid groups (broad SMARTS) is 1. The van der Waals surface area contributed by atoms with E-state index in [0.717, 1.165) is 12.5 Å². The molecule has 1 aliphatic heterocycles. The van der Waals surface area contributed by atoms with Crippen LogP contribution in [0.4, 0.5) is 11.4 Å². The van der Waals surface area contributed by atoms with Gasteiger partial charge in [-0.3, -0.25) is 14.9 Å². The van der Waals surface area contributed by atoms with Crippen LogP contribution in [0.1, 0.15) is 23.2 Å². The number of non-ortho nitro benzene ring substituents is 1. The van der Waals surface area contributed by atoms with Crippen molar-refractivity contribution in [1.29, 1.82) is 0 Å². The van der Waals surface area contributed by atoms with Gasteiger partial charge in [0.25, 0.3) is 5.69 Å². The second-order valence-electron chi connectivity index (χ2n) is 4.73. The molecule has 112 valence electrons. The van der Waals surface area contributed by atoms with Crippen LogP contribution in [-0.2, 0) is 4.79 Å². The van der Waals surface area contributed by atoms with E-state index in [1.54, 1.807) is 4.90 Å². The fraction of sp³-hybridized carbons (Fsp3) is 0.385. The summed E-state index contributed by atoms with van der Waals surface area (Å²) in [6, 6.07) is 3.06. The Hall–Kier alpha value is -2.64. The summed E-state index contributed by atoms with van der Waals surface area (Å²) in [7, 11) is 1.50. The van der Waals surface area contributed by atoms with E-state index in [1.807, 2.05) is 0 Å². The van der Waals surface area contributed by atoms with Crippen LogP contribution in [0.2, 0.25) is 0 Å². The number of rotatable bonds is 4. The van der Waals surface area contributed by atoms with Gasteiger partial charge in [-0.25, -0.2) is 4.79 Å². The van der Waals surface area contributed by atoms with Gasteiger partial charge < -0.3 is 15.3 Å². The first-order valence-electron chi connectivity index (χ1n) is 6.45. The molecule has 1 amide bonds. The van der Waals surface area contributed by atoms with Crippen LogP contribution < -0.4 is 10.2 Å². The number of anilines is 1. The molecule has 1 heterocycles. The van der Waals surface area contributed by atoms with Crippen LogP contribution in [0.5, 0.6) is 0 Å². The number of likely N-dealkylation sites (N-methyl/N-ethyl adjacent to an activating group) is 1. The highest BCUT2D eigenvalue weighted by Gasteiger charge is 2.33. The Bertz CT molecular complexity index is 601. The van der Waals surface area contributed by atoms with E-state index >= 15 is 0 Å². The van der Waals surface area contributed by atoms with Crippen LogP contribution in [0, 0.1) is 10.1 Å². The normalized spacial score (nSPS) is 17.6. The molecular weight excluding hydrogens is 278 g/mol. The van der Waals surface area contributed by atoms with E-state index in [0.29, 0.717) is 13.0 Å². The molecule has 1 saturated heterocycles. The SMILES string of the molecule is CNC(=O)C1CCCN1c1cc([N+](=O)[O-])ccc1C(=O)O. The first-order chi connectivity index (χ1) is 9.95. The number of carboxylic acids is 1. The number of nitro benzene ring substituents is 1. The highest BCUT2D eigenvalue weighted by atomic mass is 16.6. The van der Waals surface area contributed by atoms with Crippen molar-refractivity contribution in [2.75, 3.05) is 18.5 Å². The van der Waals surface area contributed by atoms with Crippen molar-refractivity contribution in [3.8, 4) is 0 Å². The minimum atomic E-state index is -1.18. The van der Waals surface area contributed by atoms with Crippen molar-refractivity contribution >= 4 is 23.3 Å². The van der Waals surface area contributed by atoms with Gasteiger partial charge in [0, 0.05) is 25.7 Å². The molecular formula is C13H15N3O5. The number of amides is 1. The number of carbonyl (C=O) groups is 2. The predicted molar refractivity (Wildman–Crippen MR) is 74.5 cm³/mol. The summed E-state index contributed by atoms with van der Waals surface area (Å²) in [6.07, 6.45) is 1.31. The standard InChI is InChI=1S/C13H15N3O5/c1-14-12(17)10-3-2-6-15(10)11-7-8(16(20)21)4-5-9(11)13(18)19/h4-5,7,10H,2-3,6H2,1H3,(H,14,17)(H,18,19). The second-order valence-corrected chi connectivity index (χ2v) is 4.73. The third-order valence-electron chi connectivity index (χ3n) is 3.53. The fourth-order valence-corrected chi connectivity index (χ4v) is 2.55. The van der Waals surface area contributed by atoms with Crippen molar-refractivity contribution in [2.24, 2.45) is 0 Å². The van der Waals surface area contributed by atoms with E-state index < -0.39 is 16.9 Å². The monoisotopic (exact) mass is 293 g/mol. The fourth-order valence-electron chi connectivity index (χ4n) is 2.55. The summed E-state index contributed by atoms with van der Waals surface area (Å²) in [6.45, 7) is 0.486. The zero-order valence-electron chi connectivity index (χ0n) is 11.4. The van der Waals surface area contributed by atoms with Gasteiger partial charge in [0.15, 0.2) is 0 Å². The molecule has 1 aromatic rings. The lowest BCUT2D eigenvalue weighted by atomic mass is 10.1. The lowest BCUT2D eigenvalue weighted by molar-refractivity contribution is -0.384. The van der Waals surface area contributed by atoms with E-state index in [4.69, 9.17) is 0 Å². The molecule has 1 atom stereocenters. The lowest BCUT2D eigenvalue weighted by Crippen LogP contribution is -2.42. The maximum absolute atomic E-state index is 11.9. The van der Waals surface area contributed by atoms with Gasteiger partial charge in [-0.1, -0.05) is 0 Å². The van der Waals surface area contributed by atoms with Gasteiger partial charge in [0.2, 0.25) is 5.91 Å². The van der Waals surface area contributed by atoms with Gasteiger partial charge >= 0.3 is 5.97 Å². The first kappa shape index (κ1) is 14.8. The number of carbonyl (C=O) groups excluding carboxylic acids is 1. The smallest absolute Gasteiger partial charge is 0.337 e. The molecule has 1 aliphatic rings. The largest absolute Gasteiger partial charge is 0.478 e. The average Bonchev–Trinajstić information content (AvgIpc) is 2.94. The minimum absolute atomic E-state index is 0.0450. The third kappa shape index (κ3) is 2.78. The molecule has 8 nitrogen and oxygen atoms in total. The third-order valence-corrected chi connectivity index (χ3v) is 3.53. The molecule has 1 unspecified atom stereocenters. The summed E-state index contributed by atoms with van der Waals surface area (Å²) < 4.78 is 0. The topological polar surface area (TPSA) is 113 Å². The molecule has 2 rings (SSSR count). The first-order valence-corrected chi connectivity index (χ1v) is 6.45. The van der Waals surface area contributed by atoms with Gasteiger partial charge in [-0.15, -0.1) is 0 Å². The maximum atomic E-state index is 11.9. The quantitative estimate of drug-likeness (QED) is 0.632.